The molecule has 0 spiro atoms. The number of nitrogens with two attached hydrogens (primary N) is 1. The Bertz CT molecular complexity index is 881. The van der Waals surface area contributed by atoms with E-state index in [1.165, 1.54) is 12.1 Å². The monoisotopic (exact) mass is 377 g/mol. The van der Waals surface area contributed by atoms with Gasteiger partial charge in [-0.15, -0.1) is 0 Å². The second kappa shape index (κ2) is 7.40. The third-order valence-corrected chi connectivity index (χ3v) is 4.31. The van der Waals surface area contributed by atoms with Crippen LogP contribution in [0.25, 0.3) is 0 Å². The van der Waals surface area contributed by atoms with Gasteiger partial charge < -0.3 is 16.0 Å². The summed E-state index contributed by atoms with van der Waals surface area (Å²) in [6, 6.07) is 9.66. The van der Waals surface area contributed by atoms with Gasteiger partial charge >= 0.3 is 6.18 Å². The number of carbonyl (C=O) groups excluding carboxylic acids is 2. The lowest BCUT2D eigenvalue weighted by Crippen LogP contribution is -2.24. The predicted molar refractivity (Wildman–Crippen MR) is 95.3 cm³/mol. The third kappa shape index (κ3) is 4.28. The molecular formula is C19H18F3N3O2. The van der Waals surface area contributed by atoms with Crippen molar-refractivity contribution in [3.05, 3.63) is 59.2 Å². The molecule has 0 aromatic heterocycles. The fourth-order valence-corrected chi connectivity index (χ4v) is 2.99. The lowest BCUT2D eigenvalue weighted by Gasteiger charge is -2.17. The van der Waals surface area contributed by atoms with E-state index >= 15 is 0 Å². The molecule has 0 bridgehead atoms. The number of nitrogens with zero attached hydrogens (tertiary/aromatic N) is 1. The van der Waals surface area contributed by atoms with Gasteiger partial charge in [0.15, 0.2) is 0 Å². The van der Waals surface area contributed by atoms with Crippen molar-refractivity contribution in [1.82, 2.24) is 0 Å². The number of rotatable bonds is 4. The van der Waals surface area contributed by atoms with E-state index in [0.717, 1.165) is 18.6 Å². The van der Waals surface area contributed by atoms with Crippen molar-refractivity contribution in [3.8, 4) is 0 Å². The average Bonchev–Trinajstić information content (AvgIpc) is 3.06. The second-order valence-corrected chi connectivity index (χ2v) is 6.27. The molecule has 0 aliphatic carbocycles. The molecule has 27 heavy (non-hydrogen) atoms. The van der Waals surface area contributed by atoms with Crippen LogP contribution >= 0.6 is 0 Å². The van der Waals surface area contributed by atoms with Crippen molar-refractivity contribution in [2.75, 3.05) is 16.8 Å². The van der Waals surface area contributed by atoms with Crippen molar-refractivity contribution in [3.63, 3.8) is 0 Å². The molecule has 0 atom stereocenters. The van der Waals surface area contributed by atoms with Crippen molar-refractivity contribution in [2.45, 2.75) is 25.6 Å². The van der Waals surface area contributed by atoms with Crippen LogP contribution in [0.15, 0.2) is 42.5 Å². The van der Waals surface area contributed by atoms with Crippen LogP contribution in [0.5, 0.6) is 0 Å². The van der Waals surface area contributed by atoms with Gasteiger partial charge in [-0.25, -0.2) is 0 Å². The summed E-state index contributed by atoms with van der Waals surface area (Å²) in [6.45, 7) is 0.497. The maximum atomic E-state index is 13.0. The molecule has 2 aromatic rings. The summed E-state index contributed by atoms with van der Waals surface area (Å²) in [5, 5.41) is 2.48. The smallest absolute Gasteiger partial charge is 0.326 e. The molecule has 2 aromatic carbocycles. The number of hydrogen-bond donors (Lipinski definition) is 2. The summed E-state index contributed by atoms with van der Waals surface area (Å²) in [4.78, 5) is 25.9. The summed E-state index contributed by atoms with van der Waals surface area (Å²) in [6.07, 6.45) is -3.33. The Kier molecular flexibility index (Phi) is 5.18. The molecule has 1 saturated heterocycles. The van der Waals surface area contributed by atoms with Gasteiger partial charge in [0, 0.05) is 36.4 Å². The van der Waals surface area contributed by atoms with Crippen LogP contribution in [0.3, 0.4) is 0 Å². The molecule has 8 heteroatoms. The molecule has 0 unspecified atom stereocenters. The van der Waals surface area contributed by atoms with E-state index in [9.17, 15) is 22.8 Å². The molecular weight excluding hydrogens is 359 g/mol. The number of amides is 2. The highest BCUT2D eigenvalue weighted by Gasteiger charge is 2.31. The largest absolute Gasteiger partial charge is 0.416 e. The standard InChI is InChI=1S/C19H18F3N3O2/c20-19(21,22)14-7-12(11-23)8-15(10-14)24-18(27)13-3-1-4-16(9-13)25-6-2-5-17(25)26/h1,3-4,7-10H,2,5-6,11,23H2,(H,24,27). The number of hydrogen-bond acceptors (Lipinski definition) is 3. The lowest BCUT2D eigenvalue weighted by atomic mass is 10.1. The van der Waals surface area contributed by atoms with Gasteiger partial charge in [0.2, 0.25) is 5.91 Å². The van der Waals surface area contributed by atoms with Crippen molar-refractivity contribution in [2.24, 2.45) is 5.73 Å². The van der Waals surface area contributed by atoms with Crippen molar-refractivity contribution in [1.29, 1.82) is 0 Å². The summed E-state index contributed by atoms with van der Waals surface area (Å²) >= 11 is 0. The van der Waals surface area contributed by atoms with Gasteiger partial charge in [-0.3, -0.25) is 9.59 Å². The van der Waals surface area contributed by atoms with E-state index in [2.05, 4.69) is 5.32 Å². The molecule has 142 valence electrons. The van der Waals surface area contributed by atoms with E-state index in [1.54, 1.807) is 23.1 Å². The Morgan fingerprint density at radius 2 is 1.96 bits per heavy atom. The Hall–Kier alpha value is -2.87. The van der Waals surface area contributed by atoms with Crippen LogP contribution in [-0.4, -0.2) is 18.4 Å². The third-order valence-electron chi connectivity index (χ3n) is 4.31. The van der Waals surface area contributed by atoms with Crippen LogP contribution in [0.4, 0.5) is 24.5 Å². The Labute approximate surface area is 154 Å². The van der Waals surface area contributed by atoms with Gasteiger partial charge in [-0.05, 0) is 48.4 Å². The van der Waals surface area contributed by atoms with Gasteiger partial charge in [0.1, 0.15) is 0 Å². The van der Waals surface area contributed by atoms with Crippen molar-refractivity contribution >= 4 is 23.2 Å². The summed E-state index contributed by atoms with van der Waals surface area (Å²) < 4.78 is 39.0. The van der Waals surface area contributed by atoms with E-state index in [4.69, 9.17) is 5.73 Å². The molecule has 2 amide bonds. The number of nitrogens with one attached hydrogen (secondary N) is 1. The van der Waals surface area contributed by atoms with Gasteiger partial charge in [0.25, 0.3) is 5.91 Å². The van der Waals surface area contributed by atoms with Crippen LogP contribution in [0, 0.1) is 0 Å². The normalized spacial score (nSPS) is 14.5. The molecule has 1 aliphatic rings. The van der Waals surface area contributed by atoms with Crippen molar-refractivity contribution < 1.29 is 22.8 Å². The zero-order chi connectivity index (χ0) is 19.6. The predicted octanol–water partition coefficient (Wildman–Crippen LogP) is 3.54. The molecule has 3 N–H and O–H groups in total. The first-order chi connectivity index (χ1) is 12.8. The van der Waals surface area contributed by atoms with Crippen LogP contribution in [0.2, 0.25) is 0 Å². The van der Waals surface area contributed by atoms with Crippen LogP contribution in [-0.2, 0) is 17.5 Å². The zero-order valence-corrected chi connectivity index (χ0v) is 14.3. The highest BCUT2D eigenvalue weighted by molar-refractivity contribution is 6.05. The van der Waals surface area contributed by atoms with Gasteiger partial charge in [-0.1, -0.05) is 6.07 Å². The number of anilines is 2. The average molecular weight is 377 g/mol. The molecule has 0 radical (unpaired) electrons. The first kappa shape index (κ1) is 18.9. The summed E-state index contributed by atoms with van der Waals surface area (Å²) in [5.74, 6) is -0.580. The topological polar surface area (TPSA) is 75.4 Å². The minimum Gasteiger partial charge on any atom is -0.326 e. The number of alkyl halides is 3. The minimum atomic E-state index is -4.54. The van der Waals surface area contributed by atoms with E-state index < -0.39 is 17.6 Å². The SMILES string of the molecule is NCc1cc(NC(=O)c2cccc(N3CCCC3=O)c2)cc(C(F)(F)F)c1. The second-order valence-electron chi connectivity index (χ2n) is 6.27. The maximum Gasteiger partial charge on any atom is 0.416 e. The summed E-state index contributed by atoms with van der Waals surface area (Å²) in [7, 11) is 0. The Morgan fingerprint density at radius 1 is 1.19 bits per heavy atom. The summed E-state index contributed by atoms with van der Waals surface area (Å²) in [5.41, 5.74) is 5.70. The Balaban J connectivity index is 1.84. The number of halogens is 3. The molecule has 1 heterocycles. The Morgan fingerprint density at radius 3 is 2.59 bits per heavy atom. The quantitative estimate of drug-likeness (QED) is 0.856. The number of benzene rings is 2. The van der Waals surface area contributed by atoms with Gasteiger partial charge in [0.05, 0.1) is 5.56 Å². The highest BCUT2D eigenvalue weighted by atomic mass is 19.4. The van der Waals surface area contributed by atoms with Crippen LogP contribution < -0.4 is 16.0 Å². The zero-order valence-electron chi connectivity index (χ0n) is 14.3. The lowest BCUT2D eigenvalue weighted by molar-refractivity contribution is -0.137. The van der Waals surface area contributed by atoms with E-state index in [0.29, 0.717) is 18.7 Å². The number of carbonyl (C=O) groups is 2. The fourth-order valence-electron chi connectivity index (χ4n) is 2.99. The molecule has 5 nitrogen and oxygen atoms in total. The fraction of sp³-hybridized carbons (Fsp3) is 0.263. The first-order valence-corrected chi connectivity index (χ1v) is 8.41. The maximum absolute atomic E-state index is 13.0. The van der Waals surface area contributed by atoms with Gasteiger partial charge in [-0.2, -0.15) is 13.2 Å². The van der Waals surface area contributed by atoms with E-state index in [1.807, 2.05) is 0 Å². The highest BCUT2D eigenvalue weighted by Crippen LogP contribution is 2.32. The molecule has 1 fully saturated rings. The first-order valence-electron chi connectivity index (χ1n) is 8.41. The molecule has 1 aliphatic heterocycles. The van der Waals surface area contributed by atoms with E-state index in [-0.39, 0.29) is 29.3 Å². The molecule has 3 rings (SSSR count). The van der Waals surface area contributed by atoms with Crippen LogP contribution in [0.1, 0.15) is 34.3 Å². The minimum absolute atomic E-state index is 0.0120. The molecule has 0 saturated carbocycles.